The van der Waals surface area contributed by atoms with Crippen molar-refractivity contribution in [3.05, 3.63) is 77.4 Å². The average Bonchev–Trinajstić information content (AvgIpc) is 3.51. The summed E-state index contributed by atoms with van der Waals surface area (Å²) in [5.41, 5.74) is 3.87. The molecule has 1 fully saturated rings. The summed E-state index contributed by atoms with van der Waals surface area (Å²) >= 11 is 8.23. The molecular formula is C29H33ClN4O2S2. The zero-order chi connectivity index (χ0) is 27.1. The van der Waals surface area contributed by atoms with Gasteiger partial charge in [-0.2, -0.15) is 5.10 Å². The molecule has 0 N–H and O–H groups in total. The van der Waals surface area contributed by atoms with Crippen molar-refractivity contribution < 1.29 is 8.42 Å². The maximum absolute atomic E-state index is 12.1. The summed E-state index contributed by atoms with van der Waals surface area (Å²) in [4.78, 5) is 7.35. The lowest BCUT2D eigenvalue weighted by atomic mass is 10.0. The fourth-order valence-corrected chi connectivity index (χ4v) is 6.69. The first-order valence-electron chi connectivity index (χ1n) is 12.7. The van der Waals surface area contributed by atoms with E-state index < -0.39 is 9.84 Å². The summed E-state index contributed by atoms with van der Waals surface area (Å²) in [5, 5.41) is 5.65. The third-order valence-corrected chi connectivity index (χ3v) is 9.54. The second-order valence-electron chi connectivity index (χ2n) is 10.8. The monoisotopic (exact) mass is 568 g/mol. The fourth-order valence-electron chi connectivity index (χ4n) is 4.81. The zero-order valence-electron chi connectivity index (χ0n) is 22.2. The Balaban J connectivity index is 1.47. The molecular weight excluding hydrogens is 536 g/mol. The van der Waals surface area contributed by atoms with Crippen LogP contribution in [0.4, 0.5) is 0 Å². The van der Waals surface area contributed by atoms with Gasteiger partial charge in [-0.3, -0.25) is 9.80 Å². The normalized spacial score (nSPS) is 15.7. The van der Waals surface area contributed by atoms with Gasteiger partial charge in [0, 0.05) is 49.4 Å². The van der Waals surface area contributed by atoms with E-state index in [1.165, 1.54) is 6.26 Å². The van der Waals surface area contributed by atoms with Crippen LogP contribution in [0.3, 0.4) is 0 Å². The highest BCUT2D eigenvalue weighted by atomic mass is 35.5. The van der Waals surface area contributed by atoms with Gasteiger partial charge in [0.25, 0.3) is 0 Å². The van der Waals surface area contributed by atoms with Gasteiger partial charge in [-0.05, 0) is 68.8 Å². The first kappa shape index (κ1) is 27.1. The molecule has 5 rings (SSSR count). The van der Waals surface area contributed by atoms with E-state index in [4.69, 9.17) is 16.7 Å². The van der Waals surface area contributed by atoms with Crippen molar-refractivity contribution in [2.24, 2.45) is 0 Å². The predicted octanol–water partition coefficient (Wildman–Crippen LogP) is 6.24. The Morgan fingerprint density at radius 2 is 1.63 bits per heavy atom. The lowest BCUT2D eigenvalue weighted by molar-refractivity contribution is 0.0585. The van der Waals surface area contributed by atoms with Crippen molar-refractivity contribution in [3.8, 4) is 26.7 Å². The van der Waals surface area contributed by atoms with Crippen LogP contribution in [0.1, 0.15) is 26.5 Å². The molecule has 0 spiro atoms. The maximum Gasteiger partial charge on any atom is 0.175 e. The van der Waals surface area contributed by atoms with E-state index in [2.05, 4.69) is 42.7 Å². The SMILES string of the molecule is CC(C)(C)N1CCN(Cc2cc(-c3ccc(-c4cccc(S(C)(=O)=O)c4)s3)n(-c3ccccc3Cl)n2)CC1. The van der Waals surface area contributed by atoms with Crippen molar-refractivity contribution >= 4 is 32.8 Å². The average molecular weight is 569 g/mol. The minimum atomic E-state index is -3.28. The van der Waals surface area contributed by atoms with Crippen molar-refractivity contribution in [2.75, 3.05) is 32.4 Å². The Morgan fingerprint density at radius 1 is 0.921 bits per heavy atom. The number of rotatable bonds is 6. The number of piperazine rings is 1. The number of benzene rings is 2. The quantitative estimate of drug-likeness (QED) is 0.275. The van der Waals surface area contributed by atoms with Crippen LogP contribution in [-0.2, 0) is 16.4 Å². The third kappa shape index (κ3) is 5.90. The van der Waals surface area contributed by atoms with E-state index in [1.807, 2.05) is 41.1 Å². The molecule has 1 saturated heterocycles. The summed E-state index contributed by atoms with van der Waals surface area (Å²) in [5.74, 6) is 0. The van der Waals surface area contributed by atoms with Crippen LogP contribution in [0.2, 0.25) is 5.02 Å². The van der Waals surface area contributed by atoms with Crippen LogP contribution in [0.25, 0.3) is 26.7 Å². The van der Waals surface area contributed by atoms with Crippen molar-refractivity contribution in [2.45, 2.75) is 37.8 Å². The van der Waals surface area contributed by atoms with Gasteiger partial charge in [0.1, 0.15) is 0 Å². The minimum absolute atomic E-state index is 0.183. The van der Waals surface area contributed by atoms with Crippen molar-refractivity contribution in [1.82, 2.24) is 19.6 Å². The van der Waals surface area contributed by atoms with E-state index in [-0.39, 0.29) is 5.54 Å². The van der Waals surface area contributed by atoms with Gasteiger partial charge in [-0.1, -0.05) is 35.9 Å². The molecule has 0 bridgehead atoms. The summed E-state index contributed by atoms with van der Waals surface area (Å²) in [6, 6.07) is 21.1. The fraction of sp³-hybridized carbons (Fsp3) is 0.345. The van der Waals surface area contributed by atoms with Gasteiger partial charge in [-0.15, -0.1) is 11.3 Å². The molecule has 2 aromatic heterocycles. The Labute approximate surface area is 234 Å². The molecule has 0 radical (unpaired) electrons. The second kappa shape index (κ2) is 10.6. The standard InChI is InChI=1S/C29H33ClN4O2S2/c1-29(2,3)33-16-14-32(15-17-33)20-22-19-26(34(31-22)25-11-6-5-10-24(25)30)28-13-12-27(37-28)21-8-7-9-23(18-21)38(4,35)36/h5-13,18-19H,14-17,20H2,1-4H3. The Kier molecular flexibility index (Phi) is 7.55. The third-order valence-electron chi connectivity index (χ3n) is 6.95. The van der Waals surface area contributed by atoms with Gasteiger partial charge in [0.05, 0.1) is 31.9 Å². The molecule has 4 aromatic rings. The molecule has 38 heavy (non-hydrogen) atoms. The molecule has 1 aliphatic rings. The van der Waals surface area contributed by atoms with E-state index in [9.17, 15) is 8.42 Å². The number of halogens is 1. The van der Waals surface area contributed by atoms with Crippen LogP contribution in [0.15, 0.2) is 71.6 Å². The number of hydrogen-bond acceptors (Lipinski definition) is 6. The molecule has 0 unspecified atom stereocenters. The summed E-state index contributed by atoms with van der Waals surface area (Å²) in [6.45, 7) is 11.7. The minimum Gasteiger partial charge on any atom is -0.296 e. The first-order valence-corrected chi connectivity index (χ1v) is 15.8. The van der Waals surface area contributed by atoms with Crippen molar-refractivity contribution in [1.29, 1.82) is 0 Å². The van der Waals surface area contributed by atoms with E-state index in [0.29, 0.717) is 9.92 Å². The molecule has 0 aliphatic carbocycles. The lowest BCUT2D eigenvalue weighted by Crippen LogP contribution is -2.53. The molecule has 3 heterocycles. The Morgan fingerprint density at radius 3 is 2.32 bits per heavy atom. The van der Waals surface area contributed by atoms with Crippen molar-refractivity contribution in [3.63, 3.8) is 0 Å². The molecule has 2 aromatic carbocycles. The van der Waals surface area contributed by atoms with Gasteiger partial charge in [-0.25, -0.2) is 13.1 Å². The summed E-state index contributed by atoms with van der Waals surface area (Å²) in [7, 11) is -3.28. The van der Waals surface area contributed by atoms with Gasteiger partial charge in [0.2, 0.25) is 0 Å². The zero-order valence-corrected chi connectivity index (χ0v) is 24.6. The first-order chi connectivity index (χ1) is 18.0. The highest BCUT2D eigenvalue weighted by Crippen LogP contribution is 2.37. The molecule has 0 atom stereocenters. The largest absolute Gasteiger partial charge is 0.296 e. The van der Waals surface area contributed by atoms with Gasteiger partial charge in [0.15, 0.2) is 9.84 Å². The molecule has 1 aliphatic heterocycles. The maximum atomic E-state index is 12.1. The van der Waals surface area contributed by atoms with E-state index in [1.54, 1.807) is 29.5 Å². The van der Waals surface area contributed by atoms with Crippen LogP contribution in [-0.4, -0.2) is 66.0 Å². The highest BCUT2D eigenvalue weighted by Gasteiger charge is 2.26. The lowest BCUT2D eigenvalue weighted by Gasteiger charge is -2.42. The molecule has 9 heteroatoms. The van der Waals surface area contributed by atoms with Gasteiger partial charge >= 0.3 is 0 Å². The van der Waals surface area contributed by atoms with Crippen LogP contribution in [0.5, 0.6) is 0 Å². The highest BCUT2D eigenvalue weighted by molar-refractivity contribution is 7.90. The Hall–Kier alpha value is -2.49. The number of nitrogens with zero attached hydrogens (tertiary/aromatic N) is 4. The molecule has 0 amide bonds. The van der Waals surface area contributed by atoms with Crippen LogP contribution >= 0.6 is 22.9 Å². The summed E-state index contributed by atoms with van der Waals surface area (Å²) in [6.07, 6.45) is 1.23. The number of thiophene rings is 1. The molecule has 200 valence electrons. The smallest absolute Gasteiger partial charge is 0.175 e. The van der Waals surface area contributed by atoms with Crippen LogP contribution < -0.4 is 0 Å². The van der Waals surface area contributed by atoms with Gasteiger partial charge < -0.3 is 0 Å². The second-order valence-corrected chi connectivity index (χ2v) is 14.3. The van der Waals surface area contributed by atoms with E-state index in [0.717, 1.165) is 65.1 Å². The predicted molar refractivity (Wildman–Crippen MR) is 157 cm³/mol. The number of aromatic nitrogens is 2. The molecule has 0 saturated carbocycles. The Bertz CT molecular complexity index is 1540. The number of para-hydroxylation sites is 1. The van der Waals surface area contributed by atoms with Crippen LogP contribution in [0, 0.1) is 0 Å². The molecule has 6 nitrogen and oxygen atoms in total. The topological polar surface area (TPSA) is 58.4 Å². The summed E-state index contributed by atoms with van der Waals surface area (Å²) < 4.78 is 26.1. The van der Waals surface area contributed by atoms with E-state index >= 15 is 0 Å². The number of sulfone groups is 1. The number of hydrogen-bond donors (Lipinski definition) is 0.